The molecule has 0 bridgehead atoms. The van der Waals surface area contributed by atoms with E-state index in [0.717, 1.165) is 6.07 Å². The number of alkyl halides is 3. The van der Waals surface area contributed by atoms with Crippen molar-refractivity contribution in [1.82, 2.24) is 0 Å². The normalized spacial score (nSPS) is 12.8. The van der Waals surface area contributed by atoms with E-state index in [1.54, 1.807) is 18.2 Å². The van der Waals surface area contributed by atoms with Crippen LogP contribution >= 0.6 is 0 Å². The summed E-state index contributed by atoms with van der Waals surface area (Å²) in [5, 5.41) is 1.46. The smallest absolute Gasteiger partial charge is 0.315 e. The highest BCUT2D eigenvalue weighted by Gasteiger charge is 2.40. The first-order chi connectivity index (χ1) is 10.3. The van der Waals surface area contributed by atoms with E-state index in [4.69, 9.17) is 0 Å². The van der Waals surface area contributed by atoms with Crippen molar-refractivity contribution in [3.05, 3.63) is 53.3 Å². The summed E-state index contributed by atoms with van der Waals surface area (Å²) in [6.07, 6.45) is -5.18. The second-order valence-electron chi connectivity index (χ2n) is 4.67. The summed E-state index contributed by atoms with van der Waals surface area (Å²) in [5.74, 6) is -4.05. The molecule has 0 unspecified atom stereocenters. The predicted molar refractivity (Wildman–Crippen MR) is 70.0 cm³/mol. The number of hydrogen-bond donors (Lipinski definition) is 1. The predicted octanol–water partition coefficient (Wildman–Crippen LogP) is 3.54. The highest BCUT2D eigenvalue weighted by Crippen LogP contribution is 2.41. The monoisotopic (exact) mass is 309 g/mol. The minimum Gasteiger partial charge on any atom is -0.315 e. The van der Waals surface area contributed by atoms with E-state index in [-0.39, 0.29) is 11.1 Å². The number of benzene rings is 2. The fourth-order valence-corrected chi connectivity index (χ4v) is 2.39. The van der Waals surface area contributed by atoms with Crippen molar-refractivity contribution in [2.75, 3.05) is 5.32 Å². The fraction of sp³-hybridized carbons (Fsp3) is 0.0667. The number of carbonyl (C=O) groups is 2. The summed E-state index contributed by atoms with van der Waals surface area (Å²) in [6.45, 7) is 0. The van der Waals surface area contributed by atoms with Crippen LogP contribution in [-0.4, -0.2) is 17.9 Å². The van der Waals surface area contributed by atoms with Crippen LogP contribution in [0.4, 0.5) is 23.2 Å². The van der Waals surface area contributed by atoms with Crippen molar-refractivity contribution in [2.45, 2.75) is 6.18 Å². The number of nitrogens with one attached hydrogen (secondary N) is 1. The molecule has 1 N–H and O–H groups in total. The summed E-state index contributed by atoms with van der Waals surface area (Å²) < 4.78 is 50.9. The Morgan fingerprint density at radius 3 is 2.23 bits per heavy atom. The Kier molecular flexibility index (Phi) is 3.01. The van der Waals surface area contributed by atoms with Crippen LogP contribution in [0.15, 0.2) is 36.4 Å². The maximum absolute atomic E-state index is 13.9. The van der Waals surface area contributed by atoms with Crippen LogP contribution in [0.25, 0.3) is 11.1 Å². The molecule has 2 aromatic rings. The Labute approximate surface area is 121 Å². The van der Waals surface area contributed by atoms with Crippen molar-refractivity contribution < 1.29 is 27.2 Å². The van der Waals surface area contributed by atoms with Crippen molar-refractivity contribution in [3.8, 4) is 11.1 Å². The lowest BCUT2D eigenvalue weighted by Crippen LogP contribution is -2.31. The number of hydrogen-bond acceptors (Lipinski definition) is 2. The van der Waals surface area contributed by atoms with Gasteiger partial charge in [-0.2, -0.15) is 13.2 Å². The molecule has 0 aliphatic heterocycles. The molecule has 0 saturated heterocycles. The van der Waals surface area contributed by atoms with Gasteiger partial charge in [-0.25, -0.2) is 4.39 Å². The SMILES string of the molecule is O=C1c2ccccc2-c2ccc(F)c(NC(=O)C(F)(F)F)c21. The zero-order chi connectivity index (χ0) is 16.1. The zero-order valence-electron chi connectivity index (χ0n) is 10.8. The number of amides is 1. The highest BCUT2D eigenvalue weighted by atomic mass is 19.4. The number of fused-ring (bicyclic) bond motifs is 3. The van der Waals surface area contributed by atoms with Crippen molar-refractivity contribution in [1.29, 1.82) is 0 Å². The summed E-state index contributed by atoms with van der Waals surface area (Å²) in [6, 6.07) is 8.56. The van der Waals surface area contributed by atoms with Crippen LogP contribution < -0.4 is 5.32 Å². The van der Waals surface area contributed by atoms with Gasteiger partial charge in [-0.15, -0.1) is 0 Å². The first-order valence-corrected chi connectivity index (χ1v) is 6.15. The van der Waals surface area contributed by atoms with Crippen molar-refractivity contribution >= 4 is 17.4 Å². The molecule has 0 atom stereocenters. The number of anilines is 1. The minimum atomic E-state index is -5.18. The second kappa shape index (κ2) is 4.66. The molecule has 3 nitrogen and oxygen atoms in total. The Bertz CT molecular complexity index is 812. The second-order valence-corrected chi connectivity index (χ2v) is 4.67. The van der Waals surface area contributed by atoms with Gasteiger partial charge in [-0.1, -0.05) is 30.3 Å². The average Bonchev–Trinajstić information content (AvgIpc) is 2.75. The number of ketones is 1. The van der Waals surface area contributed by atoms with Gasteiger partial charge >= 0.3 is 12.1 Å². The third kappa shape index (κ3) is 2.05. The molecule has 2 aromatic carbocycles. The molecule has 1 amide bonds. The number of halogens is 4. The van der Waals surface area contributed by atoms with Crippen LogP contribution in [0.3, 0.4) is 0 Å². The molecule has 112 valence electrons. The molecule has 7 heteroatoms. The molecule has 22 heavy (non-hydrogen) atoms. The molecule has 0 aromatic heterocycles. The molecule has 1 aliphatic rings. The van der Waals surface area contributed by atoms with Crippen LogP contribution in [0.1, 0.15) is 15.9 Å². The molecule has 0 fully saturated rings. The van der Waals surface area contributed by atoms with Gasteiger partial charge in [-0.3, -0.25) is 9.59 Å². The van der Waals surface area contributed by atoms with E-state index >= 15 is 0 Å². The Morgan fingerprint density at radius 2 is 1.59 bits per heavy atom. The third-order valence-electron chi connectivity index (χ3n) is 3.34. The van der Waals surface area contributed by atoms with Gasteiger partial charge in [0.25, 0.3) is 0 Å². The standard InChI is InChI=1S/C15H7F4NO2/c16-10-6-5-8-7-3-1-2-4-9(7)13(21)11(8)12(10)20-14(22)15(17,18)19/h1-6H,(H,20,22). The molecule has 0 spiro atoms. The Morgan fingerprint density at radius 1 is 0.955 bits per heavy atom. The van der Waals surface area contributed by atoms with E-state index < -0.39 is 29.4 Å². The Balaban J connectivity index is 2.16. The van der Waals surface area contributed by atoms with Gasteiger partial charge in [0, 0.05) is 5.56 Å². The molecular formula is C15H7F4NO2. The molecule has 0 saturated carbocycles. The molecular weight excluding hydrogens is 302 g/mol. The lowest BCUT2D eigenvalue weighted by Gasteiger charge is -2.12. The van der Waals surface area contributed by atoms with E-state index in [1.807, 2.05) is 0 Å². The topological polar surface area (TPSA) is 46.2 Å². The first kappa shape index (κ1) is 14.2. The molecule has 0 radical (unpaired) electrons. The minimum absolute atomic E-state index is 0.255. The van der Waals surface area contributed by atoms with E-state index in [1.165, 1.54) is 17.4 Å². The van der Waals surface area contributed by atoms with Crippen LogP contribution in [0.5, 0.6) is 0 Å². The number of rotatable bonds is 1. The maximum atomic E-state index is 13.9. The highest BCUT2D eigenvalue weighted by molar-refractivity contribution is 6.25. The van der Waals surface area contributed by atoms with E-state index in [9.17, 15) is 27.2 Å². The summed E-state index contributed by atoms with van der Waals surface area (Å²) >= 11 is 0. The molecule has 3 rings (SSSR count). The fourth-order valence-electron chi connectivity index (χ4n) is 2.39. The maximum Gasteiger partial charge on any atom is 0.471 e. The van der Waals surface area contributed by atoms with Gasteiger partial charge in [-0.05, 0) is 17.2 Å². The van der Waals surface area contributed by atoms with Gasteiger partial charge in [0.15, 0.2) is 5.78 Å². The van der Waals surface area contributed by atoms with Crippen molar-refractivity contribution in [2.24, 2.45) is 0 Å². The first-order valence-electron chi connectivity index (χ1n) is 6.15. The van der Waals surface area contributed by atoms with E-state index in [0.29, 0.717) is 11.1 Å². The van der Waals surface area contributed by atoms with Crippen LogP contribution in [0, 0.1) is 5.82 Å². The van der Waals surface area contributed by atoms with Gasteiger partial charge in [0.2, 0.25) is 0 Å². The number of carbonyl (C=O) groups excluding carboxylic acids is 2. The van der Waals surface area contributed by atoms with Crippen LogP contribution in [0.2, 0.25) is 0 Å². The zero-order valence-corrected chi connectivity index (χ0v) is 10.8. The lowest BCUT2D eigenvalue weighted by atomic mass is 10.0. The Hall–Kier alpha value is -2.70. The van der Waals surface area contributed by atoms with E-state index in [2.05, 4.69) is 0 Å². The largest absolute Gasteiger partial charge is 0.471 e. The quantitative estimate of drug-likeness (QED) is 0.699. The van der Waals surface area contributed by atoms with Crippen molar-refractivity contribution in [3.63, 3.8) is 0 Å². The van der Waals surface area contributed by atoms with Gasteiger partial charge in [0.05, 0.1) is 11.3 Å². The molecule has 1 aliphatic carbocycles. The lowest BCUT2D eigenvalue weighted by molar-refractivity contribution is -0.167. The molecule has 0 heterocycles. The van der Waals surface area contributed by atoms with Gasteiger partial charge in [0.1, 0.15) is 5.82 Å². The summed E-state index contributed by atoms with van der Waals surface area (Å²) in [5.41, 5.74) is 0.0231. The average molecular weight is 309 g/mol. The summed E-state index contributed by atoms with van der Waals surface area (Å²) in [7, 11) is 0. The summed E-state index contributed by atoms with van der Waals surface area (Å²) in [4.78, 5) is 23.3. The van der Waals surface area contributed by atoms with Gasteiger partial charge < -0.3 is 5.32 Å². The van der Waals surface area contributed by atoms with Crippen LogP contribution in [-0.2, 0) is 4.79 Å². The third-order valence-corrected chi connectivity index (χ3v) is 3.34.